The molecule has 1 unspecified atom stereocenters. The Morgan fingerprint density at radius 1 is 1.00 bits per heavy atom. The Labute approximate surface area is 122 Å². The van der Waals surface area contributed by atoms with Crippen molar-refractivity contribution in [1.29, 1.82) is 0 Å². The van der Waals surface area contributed by atoms with Gasteiger partial charge in [0.1, 0.15) is 18.2 Å². The molecule has 0 saturated heterocycles. The molecule has 1 atom stereocenters. The molecule has 3 aromatic rings. The van der Waals surface area contributed by atoms with Gasteiger partial charge in [-0.1, -0.05) is 30.3 Å². The van der Waals surface area contributed by atoms with E-state index in [2.05, 4.69) is 21.4 Å². The number of anilines is 1. The predicted octanol–water partition coefficient (Wildman–Crippen LogP) is 3.48. The number of ether oxygens (including phenoxy) is 1. The van der Waals surface area contributed by atoms with E-state index in [-0.39, 0.29) is 6.04 Å². The van der Waals surface area contributed by atoms with E-state index in [0.29, 0.717) is 6.61 Å². The van der Waals surface area contributed by atoms with Crippen LogP contribution < -0.4 is 10.1 Å². The summed E-state index contributed by atoms with van der Waals surface area (Å²) in [5.74, 6) is 1.76. The van der Waals surface area contributed by atoms with Gasteiger partial charge in [0.15, 0.2) is 0 Å². The van der Waals surface area contributed by atoms with E-state index in [0.717, 1.165) is 28.3 Å². The van der Waals surface area contributed by atoms with Gasteiger partial charge in [0.25, 0.3) is 0 Å². The van der Waals surface area contributed by atoms with Gasteiger partial charge >= 0.3 is 0 Å². The van der Waals surface area contributed by atoms with Gasteiger partial charge in [0.2, 0.25) is 0 Å². The number of para-hydroxylation sites is 3. The zero-order valence-corrected chi connectivity index (χ0v) is 11.7. The van der Waals surface area contributed by atoms with Crippen LogP contribution in [0.4, 0.5) is 5.82 Å². The first-order chi connectivity index (χ1) is 10.3. The third-order valence-electron chi connectivity index (χ3n) is 3.76. The normalized spacial score (nSPS) is 16.5. The van der Waals surface area contributed by atoms with Gasteiger partial charge in [-0.05, 0) is 25.1 Å². The quantitative estimate of drug-likeness (QED) is 0.779. The van der Waals surface area contributed by atoms with Crippen LogP contribution in [0.3, 0.4) is 0 Å². The largest absolute Gasteiger partial charge is 0.491 e. The summed E-state index contributed by atoms with van der Waals surface area (Å²) in [6.45, 7) is 2.59. The third-order valence-corrected chi connectivity index (χ3v) is 3.76. The molecule has 104 valence electrons. The molecule has 21 heavy (non-hydrogen) atoms. The first-order valence-electron chi connectivity index (χ1n) is 7.03. The smallest absolute Gasteiger partial charge is 0.148 e. The summed E-state index contributed by atoms with van der Waals surface area (Å²) in [6, 6.07) is 16.1. The number of rotatable bonds is 2. The van der Waals surface area contributed by atoms with Crippen molar-refractivity contribution in [3.63, 3.8) is 0 Å². The van der Waals surface area contributed by atoms with Crippen LogP contribution in [0, 0.1) is 6.92 Å². The second-order valence-electron chi connectivity index (χ2n) is 5.19. The number of hydrogen-bond acceptors (Lipinski definition) is 4. The third kappa shape index (κ3) is 2.09. The second-order valence-corrected chi connectivity index (χ2v) is 5.19. The average molecular weight is 277 g/mol. The Kier molecular flexibility index (Phi) is 2.74. The van der Waals surface area contributed by atoms with Gasteiger partial charge in [-0.2, -0.15) is 0 Å². The molecule has 1 aromatic heterocycles. The molecule has 0 saturated carbocycles. The Bertz CT molecular complexity index is 816. The number of aromatic nitrogens is 2. The van der Waals surface area contributed by atoms with Crippen molar-refractivity contribution in [2.24, 2.45) is 0 Å². The monoisotopic (exact) mass is 277 g/mol. The van der Waals surface area contributed by atoms with Crippen LogP contribution in [-0.4, -0.2) is 16.6 Å². The first kappa shape index (κ1) is 12.1. The van der Waals surface area contributed by atoms with Gasteiger partial charge in [-0.3, -0.25) is 0 Å². The predicted molar refractivity (Wildman–Crippen MR) is 82.6 cm³/mol. The lowest BCUT2D eigenvalue weighted by molar-refractivity contribution is 0.339. The molecule has 1 N–H and O–H groups in total. The maximum Gasteiger partial charge on any atom is 0.148 e. The van der Waals surface area contributed by atoms with Crippen LogP contribution in [0.15, 0.2) is 48.5 Å². The summed E-state index contributed by atoms with van der Waals surface area (Å²) < 4.78 is 5.70. The average Bonchev–Trinajstić information content (AvgIpc) is 2.91. The van der Waals surface area contributed by atoms with Gasteiger partial charge in [-0.25, -0.2) is 9.97 Å². The highest BCUT2D eigenvalue weighted by atomic mass is 16.5. The Hall–Kier alpha value is -2.62. The molecule has 0 bridgehead atoms. The highest BCUT2D eigenvalue weighted by molar-refractivity contribution is 5.76. The Morgan fingerprint density at radius 3 is 2.57 bits per heavy atom. The number of nitrogens with one attached hydrogen (secondary N) is 1. The van der Waals surface area contributed by atoms with E-state index in [4.69, 9.17) is 4.74 Å². The number of nitrogens with zero attached hydrogens (tertiary/aromatic N) is 2. The summed E-state index contributed by atoms with van der Waals surface area (Å²) in [5.41, 5.74) is 3.89. The molecule has 1 aliphatic rings. The van der Waals surface area contributed by atoms with Gasteiger partial charge in [-0.15, -0.1) is 0 Å². The Balaban J connectivity index is 1.70. The molecule has 1 aliphatic heterocycles. The number of hydrogen-bond donors (Lipinski definition) is 1. The van der Waals surface area contributed by atoms with Crippen LogP contribution in [0.5, 0.6) is 5.75 Å². The van der Waals surface area contributed by atoms with Crippen molar-refractivity contribution in [1.82, 2.24) is 9.97 Å². The van der Waals surface area contributed by atoms with Gasteiger partial charge in [0, 0.05) is 5.56 Å². The molecule has 2 aromatic carbocycles. The fourth-order valence-corrected chi connectivity index (χ4v) is 2.67. The summed E-state index contributed by atoms with van der Waals surface area (Å²) in [4.78, 5) is 9.29. The van der Waals surface area contributed by atoms with E-state index in [9.17, 15) is 0 Å². The topological polar surface area (TPSA) is 47.0 Å². The lowest BCUT2D eigenvalue weighted by atomic mass is 10.1. The molecule has 0 aliphatic carbocycles. The van der Waals surface area contributed by atoms with Gasteiger partial charge in [0.05, 0.1) is 22.8 Å². The molecular weight excluding hydrogens is 262 g/mol. The van der Waals surface area contributed by atoms with Crippen LogP contribution in [0.1, 0.15) is 17.3 Å². The molecule has 0 fully saturated rings. The van der Waals surface area contributed by atoms with E-state index in [1.54, 1.807) is 0 Å². The SMILES string of the molecule is Cc1nc2ccccc2nc1NC1COc2ccccc21. The molecular formula is C17H15N3O. The second kappa shape index (κ2) is 4.74. The minimum absolute atomic E-state index is 0.121. The van der Waals surface area contributed by atoms with Crippen LogP contribution in [-0.2, 0) is 0 Å². The summed E-state index contributed by atoms with van der Waals surface area (Å²) in [6.07, 6.45) is 0. The summed E-state index contributed by atoms with van der Waals surface area (Å²) in [7, 11) is 0. The molecule has 0 radical (unpaired) electrons. The van der Waals surface area contributed by atoms with Crippen molar-refractivity contribution >= 4 is 16.9 Å². The zero-order chi connectivity index (χ0) is 14.2. The highest BCUT2D eigenvalue weighted by Gasteiger charge is 2.24. The van der Waals surface area contributed by atoms with Crippen molar-refractivity contribution in [2.75, 3.05) is 11.9 Å². The zero-order valence-electron chi connectivity index (χ0n) is 11.7. The minimum atomic E-state index is 0.121. The number of fused-ring (bicyclic) bond motifs is 2. The summed E-state index contributed by atoms with van der Waals surface area (Å²) in [5, 5.41) is 3.46. The fraction of sp³-hybridized carbons (Fsp3) is 0.176. The van der Waals surface area contributed by atoms with E-state index in [1.807, 2.05) is 49.4 Å². The van der Waals surface area contributed by atoms with Crippen molar-refractivity contribution in [3.8, 4) is 5.75 Å². The fourth-order valence-electron chi connectivity index (χ4n) is 2.67. The van der Waals surface area contributed by atoms with Crippen LogP contribution in [0.2, 0.25) is 0 Å². The molecule has 0 amide bonds. The molecule has 0 spiro atoms. The Morgan fingerprint density at radius 2 is 1.71 bits per heavy atom. The van der Waals surface area contributed by atoms with E-state index >= 15 is 0 Å². The van der Waals surface area contributed by atoms with Crippen LogP contribution >= 0.6 is 0 Å². The van der Waals surface area contributed by atoms with Crippen molar-refractivity contribution < 1.29 is 4.74 Å². The maximum absolute atomic E-state index is 5.70. The molecule has 2 heterocycles. The van der Waals surface area contributed by atoms with E-state index < -0.39 is 0 Å². The minimum Gasteiger partial charge on any atom is -0.491 e. The lowest BCUT2D eigenvalue weighted by Crippen LogP contribution is -2.14. The molecule has 4 nitrogen and oxygen atoms in total. The number of benzene rings is 2. The standard InChI is InChI=1S/C17H15N3O/c1-11-17(19-14-8-4-3-7-13(14)18-11)20-15-10-21-16-9-5-2-6-12(15)16/h2-9,15H,10H2,1H3,(H,19,20). The van der Waals surface area contributed by atoms with E-state index in [1.165, 1.54) is 5.56 Å². The highest BCUT2D eigenvalue weighted by Crippen LogP contribution is 2.34. The maximum atomic E-state index is 5.70. The van der Waals surface area contributed by atoms with Crippen molar-refractivity contribution in [3.05, 3.63) is 59.8 Å². The lowest BCUT2D eigenvalue weighted by Gasteiger charge is -2.14. The summed E-state index contributed by atoms with van der Waals surface area (Å²) >= 11 is 0. The molecule has 4 rings (SSSR count). The van der Waals surface area contributed by atoms with Gasteiger partial charge < -0.3 is 10.1 Å². The van der Waals surface area contributed by atoms with Crippen molar-refractivity contribution in [2.45, 2.75) is 13.0 Å². The first-order valence-corrected chi connectivity index (χ1v) is 7.03. The molecule has 4 heteroatoms. The van der Waals surface area contributed by atoms with Crippen LogP contribution in [0.25, 0.3) is 11.0 Å². The number of aryl methyl sites for hydroxylation is 1.